The first-order valence-electron chi connectivity index (χ1n) is 9.48. The molecule has 0 aliphatic carbocycles. The van der Waals surface area contributed by atoms with Gasteiger partial charge in [0.25, 0.3) is 5.19 Å². The summed E-state index contributed by atoms with van der Waals surface area (Å²) in [5.74, 6) is -0.312. The lowest BCUT2D eigenvalue weighted by Gasteiger charge is -2.10. The van der Waals surface area contributed by atoms with E-state index in [2.05, 4.69) is 9.97 Å². The molecule has 0 radical (unpaired) electrons. The standard InChI is InChI=1S/C23H16FN3O3S/c1-12-15-7-6-14(29-23-27-17-4-2-3-5-19(17)31-23)11-18(15)30-22(28)16(12)10-13-8-9-26-21(25)20(13)24/h2-9,11H,10H2,1H3,(H2,25,26). The molecule has 3 heterocycles. The molecule has 0 aliphatic heterocycles. The number of nitrogens with zero attached hydrogens (tertiary/aromatic N) is 2. The second-order valence-electron chi connectivity index (χ2n) is 7.05. The van der Waals surface area contributed by atoms with Crippen molar-refractivity contribution >= 4 is 38.3 Å². The van der Waals surface area contributed by atoms with E-state index in [-0.39, 0.29) is 17.8 Å². The van der Waals surface area contributed by atoms with E-state index in [1.807, 2.05) is 37.3 Å². The van der Waals surface area contributed by atoms with Crippen molar-refractivity contribution in [2.45, 2.75) is 13.3 Å². The van der Waals surface area contributed by atoms with E-state index < -0.39 is 11.4 Å². The van der Waals surface area contributed by atoms with Gasteiger partial charge >= 0.3 is 5.63 Å². The minimum absolute atomic E-state index is 0.0621. The molecule has 6 nitrogen and oxygen atoms in total. The van der Waals surface area contributed by atoms with E-state index >= 15 is 0 Å². The first-order chi connectivity index (χ1) is 15.0. The third kappa shape index (κ3) is 3.51. The van der Waals surface area contributed by atoms with E-state index in [1.165, 1.54) is 23.6 Å². The zero-order valence-corrected chi connectivity index (χ0v) is 17.2. The van der Waals surface area contributed by atoms with Crippen LogP contribution in [0.5, 0.6) is 10.9 Å². The Morgan fingerprint density at radius 3 is 2.87 bits per heavy atom. The van der Waals surface area contributed by atoms with Gasteiger partial charge in [0.05, 0.1) is 10.2 Å². The van der Waals surface area contributed by atoms with Gasteiger partial charge in [-0.3, -0.25) is 0 Å². The number of aromatic nitrogens is 2. The summed E-state index contributed by atoms with van der Waals surface area (Å²) in [5.41, 5.74) is 7.64. The molecule has 2 N–H and O–H groups in total. The highest BCUT2D eigenvalue weighted by Crippen LogP contribution is 2.33. The lowest BCUT2D eigenvalue weighted by atomic mass is 10.00. The minimum atomic E-state index is -0.624. The Labute approximate surface area is 179 Å². The maximum atomic E-state index is 14.3. The number of aryl methyl sites for hydroxylation is 1. The van der Waals surface area contributed by atoms with Gasteiger partial charge in [-0.1, -0.05) is 23.5 Å². The van der Waals surface area contributed by atoms with Crippen LogP contribution in [0, 0.1) is 12.7 Å². The maximum Gasteiger partial charge on any atom is 0.340 e. The second-order valence-corrected chi connectivity index (χ2v) is 8.04. The Kier molecular flexibility index (Phi) is 4.63. The van der Waals surface area contributed by atoms with Gasteiger partial charge < -0.3 is 14.9 Å². The quantitative estimate of drug-likeness (QED) is 0.391. The van der Waals surface area contributed by atoms with Gasteiger partial charge in [0, 0.05) is 29.6 Å². The number of nitrogens with two attached hydrogens (primary N) is 1. The minimum Gasteiger partial charge on any atom is -0.431 e. The lowest BCUT2D eigenvalue weighted by molar-refractivity contribution is 0.477. The molecular weight excluding hydrogens is 417 g/mol. The number of halogens is 1. The highest BCUT2D eigenvalue weighted by atomic mass is 32.1. The molecule has 0 atom stereocenters. The number of rotatable bonds is 4. The Hall–Kier alpha value is -3.78. The van der Waals surface area contributed by atoms with Crippen molar-refractivity contribution in [1.29, 1.82) is 0 Å². The molecule has 8 heteroatoms. The number of fused-ring (bicyclic) bond motifs is 2. The number of ether oxygens (including phenoxy) is 1. The molecule has 5 aromatic rings. The van der Waals surface area contributed by atoms with Crippen LogP contribution in [0.4, 0.5) is 10.2 Å². The summed E-state index contributed by atoms with van der Waals surface area (Å²) in [6, 6.07) is 14.5. The molecule has 0 bridgehead atoms. The molecule has 0 spiro atoms. The molecule has 0 saturated carbocycles. The van der Waals surface area contributed by atoms with Gasteiger partial charge in [-0.15, -0.1) is 0 Å². The van der Waals surface area contributed by atoms with Crippen molar-refractivity contribution in [1.82, 2.24) is 9.97 Å². The summed E-state index contributed by atoms with van der Waals surface area (Å²) in [6.45, 7) is 1.81. The molecule has 31 heavy (non-hydrogen) atoms. The van der Waals surface area contributed by atoms with Gasteiger partial charge in [-0.2, -0.15) is 0 Å². The molecule has 3 aromatic heterocycles. The fraction of sp³-hybridized carbons (Fsp3) is 0.0870. The second kappa shape index (κ2) is 7.48. The molecule has 154 valence electrons. The zero-order valence-electron chi connectivity index (χ0n) is 16.4. The Morgan fingerprint density at radius 1 is 1.19 bits per heavy atom. The number of thiazole rings is 1. The van der Waals surface area contributed by atoms with Crippen molar-refractivity contribution in [3.63, 3.8) is 0 Å². The van der Waals surface area contributed by atoms with Gasteiger partial charge in [0.2, 0.25) is 0 Å². The normalized spacial score (nSPS) is 11.3. The molecule has 0 saturated heterocycles. The van der Waals surface area contributed by atoms with Crippen molar-refractivity contribution in [2.75, 3.05) is 5.73 Å². The highest BCUT2D eigenvalue weighted by Gasteiger charge is 2.16. The van der Waals surface area contributed by atoms with Crippen LogP contribution in [0.3, 0.4) is 0 Å². The summed E-state index contributed by atoms with van der Waals surface area (Å²) in [6.07, 6.45) is 1.48. The van der Waals surface area contributed by atoms with Crippen LogP contribution in [0.1, 0.15) is 16.7 Å². The van der Waals surface area contributed by atoms with Crippen molar-refractivity contribution in [3.8, 4) is 10.9 Å². The predicted octanol–water partition coefficient (Wildman–Crippen LogP) is 5.21. The molecule has 0 amide bonds. The number of nitrogen functional groups attached to an aromatic ring is 1. The summed E-state index contributed by atoms with van der Waals surface area (Å²) in [5, 5.41) is 1.25. The number of hydrogen-bond donors (Lipinski definition) is 1. The van der Waals surface area contributed by atoms with Crippen molar-refractivity contribution in [3.05, 3.63) is 87.7 Å². The van der Waals surface area contributed by atoms with Crippen LogP contribution in [-0.2, 0) is 6.42 Å². The largest absolute Gasteiger partial charge is 0.431 e. The maximum absolute atomic E-state index is 14.3. The summed E-state index contributed by atoms with van der Waals surface area (Å²) in [7, 11) is 0. The number of pyridine rings is 1. The smallest absolute Gasteiger partial charge is 0.340 e. The molecule has 5 rings (SSSR count). The number of para-hydroxylation sites is 1. The van der Waals surface area contributed by atoms with Crippen LogP contribution >= 0.6 is 11.3 Å². The zero-order chi connectivity index (χ0) is 21.5. The average Bonchev–Trinajstić information content (AvgIpc) is 3.16. The fourth-order valence-corrected chi connectivity index (χ4v) is 4.30. The fourth-order valence-electron chi connectivity index (χ4n) is 3.47. The van der Waals surface area contributed by atoms with E-state index in [0.29, 0.717) is 27.7 Å². The van der Waals surface area contributed by atoms with Gasteiger partial charge in [0.15, 0.2) is 11.6 Å². The molecule has 0 aliphatic rings. The number of benzene rings is 2. The first-order valence-corrected chi connectivity index (χ1v) is 10.3. The Bertz CT molecular complexity index is 1480. The van der Waals surface area contributed by atoms with Gasteiger partial charge in [-0.25, -0.2) is 19.2 Å². The Balaban J connectivity index is 1.50. The SMILES string of the molecule is Cc1c(Cc2ccnc(N)c2F)c(=O)oc2cc(Oc3nc4ccccc4s3)ccc12. The summed E-state index contributed by atoms with van der Waals surface area (Å²) >= 11 is 1.43. The highest BCUT2D eigenvalue weighted by molar-refractivity contribution is 7.20. The molecular formula is C23H16FN3O3S. The summed E-state index contributed by atoms with van der Waals surface area (Å²) in [4.78, 5) is 20.8. The lowest BCUT2D eigenvalue weighted by Crippen LogP contribution is -2.12. The van der Waals surface area contributed by atoms with Gasteiger partial charge in [0.1, 0.15) is 11.3 Å². The third-order valence-electron chi connectivity index (χ3n) is 5.10. The van der Waals surface area contributed by atoms with Gasteiger partial charge in [-0.05, 0) is 48.4 Å². The van der Waals surface area contributed by atoms with Crippen LogP contribution in [0.15, 0.2) is 63.9 Å². The molecule has 2 aromatic carbocycles. The molecule has 0 unspecified atom stereocenters. The van der Waals surface area contributed by atoms with E-state index in [9.17, 15) is 9.18 Å². The number of hydrogen-bond acceptors (Lipinski definition) is 7. The van der Waals surface area contributed by atoms with E-state index in [4.69, 9.17) is 14.9 Å². The summed E-state index contributed by atoms with van der Waals surface area (Å²) < 4.78 is 26.7. The topological polar surface area (TPSA) is 91.2 Å². The van der Waals surface area contributed by atoms with Crippen LogP contribution in [0.2, 0.25) is 0 Å². The first kappa shape index (κ1) is 19.2. The van der Waals surface area contributed by atoms with E-state index in [1.54, 1.807) is 12.1 Å². The average molecular weight is 433 g/mol. The van der Waals surface area contributed by atoms with Crippen molar-refractivity contribution in [2.24, 2.45) is 0 Å². The van der Waals surface area contributed by atoms with E-state index in [0.717, 1.165) is 15.6 Å². The van der Waals surface area contributed by atoms with Crippen LogP contribution in [-0.4, -0.2) is 9.97 Å². The van der Waals surface area contributed by atoms with Crippen LogP contribution in [0.25, 0.3) is 21.2 Å². The monoisotopic (exact) mass is 433 g/mol. The Morgan fingerprint density at radius 2 is 2.03 bits per heavy atom. The van der Waals surface area contributed by atoms with Crippen LogP contribution < -0.4 is 16.1 Å². The number of anilines is 1. The third-order valence-corrected chi connectivity index (χ3v) is 6.02. The molecule has 0 fully saturated rings. The predicted molar refractivity (Wildman–Crippen MR) is 118 cm³/mol. The van der Waals surface area contributed by atoms with Crippen molar-refractivity contribution < 1.29 is 13.5 Å².